The van der Waals surface area contributed by atoms with Gasteiger partial charge in [0, 0.05) is 12.8 Å². The summed E-state index contributed by atoms with van der Waals surface area (Å²) in [5, 5.41) is 0. The van der Waals surface area contributed by atoms with E-state index in [4.69, 9.17) is 18.5 Å². The summed E-state index contributed by atoms with van der Waals surface area (Å²) >= 11 is 0. The summed E-state index contributed by atoms with van der Waals surface area (Å²) in [5.74, 6) is -0.920. The fourth-order valence-electron chi connectivity index (χ4n) is 4.03. The number of phosphoric ester groups is 1. The zero-order valence-corrected chi connectivity index (χ0v) is 29.6. The molecule has 0 bridgehead atoms. The molecule has 1 N–H and O–H groups in total. The first-order valence-electron chi connectivity index (χ1n) is 17.2. The Kier molecular flexibility index (Phi) is 30.7. The van der Waals surface area contributed by atoms with E-state index in [0.717, 1.165) is 70.6 Å². The summed E-state index contributed by atoms with van der Waals surface area (Å²) in [7, 11) is -4.30. The minimum absolute atomic E-state index is 0.0183. The summed E-state index contributed by atoms with van der Waals surface area (Å²) in [4.78, 5) is 34.4. The van der Waals surface area contributed by atoms with Crippen LogP contribution in [0.3, 0.4) is 0 Å². The largest absolute Gasteiger partial charge is 0.472 e. The van der Waals surface area contributed by atoms with Gasteiger partial charge in [0.25, 0.3) is 0 Å². The van der Waals surface area contributed by atoms with Crippen LogP contribution in [0.15, 0.2) is 72.9 Å². The number of hydrogen-bond acceptors (Lipinski definition) is 7. The Bertz CT molecular complexity index is 980. The van der Waals surface area contributed by atoms with Crippen LogP contribution in [0, 0.1) is 0 Å². The molecule has 2 unspecified atom stereocenters. The lowest BCUT2D eigenvalue weighted by atomic mass is 10.1. The number of hydrogen-bond donors (Lipinski definition) is 1. The van der Waals surface area contributed by atoms with E-state index in [9.17, 15) is 19.0 Å². The summed E-state index contributed by atoms with van der Waals surface area (Å²) < 4.78 is 32.3. The summed E-state index contributed by atoms with van der Waals surface area (Å²) in [6.07, 6.45) is 38.3. The van der Waals surface area contributed by atoms with Gasteiger partial charge in [0.2, 0.25) is 0 Å². The Labute approximate surface area is 279 Å². The highest BCUT2D eigenvalue weighted by Gasteiger charge is 2.25. The summed E-state index contributed by atoms with van der Waals surface area (Å²) in [6, 6.07) is 0. The van der Waals surface area contributed by atoms with Crippen LogP contribution < -0.4 is 0 Å². The van der Waals surface area contributed by atoms with Crippen molar-refractivity contribution in [3.8, 4) is 0 Å². The topological polar surface area (TPSA) is 108 Å². The van der Waals surface area contributed by atoms with Crippen LogP contribution in [0.2, 0.25) is 0 Å². The molecule has 0 heterocycles. The Morgan fingerprint density at radius 1 is 0.609 bits per heavy atom. The number of phosphoric acid groups is 1. The predicted octanol–water partition coefficient (Wildman–Crippen LogP) is 10.2. The molecule has 0 aromatic rings. The van der Waals surface area contributed by atoms with Crippen LogP contribution in [0.25, 0.3) is 0 Å². The lowest BCUT2D eigenvalue weighted by Crippen LogP contribution is -2.29. The van der Waals surface area contributed by atoms with Crippen molar-refractivity contribution >= 4 is 19.8 Å². The third kappa shape index (κ3) is 31.5. The third-order valence-electron chi connectivity index (χ3n) is 6.49. The molecule has 0 fully saturated rings. The Balaban J connectivity index is 4.36. The molecule has 0 aromatic carbocycles. The van der Waals surface area contributed by atoms with Gasteiger partial charge in [-0.1, -0.05) is 112 Å². The van der Waals surface area contributed by atoms with Gasteiger partial charge >= 0.3 is 19.8 Å². The zero-order chi connectivity index (χ0) is 34.0. The van der Waals surface area contributed by atoms with E-state index < -0.39 is 32.5 Å². The first-order valence-corrected chi connectivity index (χ1v) is 18.7. The SMILES string of the molecule is CC/C=C\C/C=C\C/C=C\C/C=C\CCC(=O)OC(COC(=O)CCCCCCC/C=C\C/C=C\CCC)COP(=O)(O)OCC. The van der Waals surface area contributed by atoms with Gasteiger partial charge in [-0.05, 0) is 71.1 Å². The Hall–Kier alpha value is -2.51. The molecule has 0 aliphatic heterocycles. The molecule has 0 saturated heterocycles. The highest BCUT2D eigenvalue weighted by Crippen LogP contribution is 2.43. The number of carbonyl (C=O) groups is 2. The Morgan fingerprint density at radius 3 is 1.76 bits per heavy atom. The van der Waals surface area contributed by atoms with Crippen molar-refractivity contribution in [2.75, 3.05) is 19.8 Å². The fraction of sp³-hybridized carbons (Fsp3) is 0.622. The molecule has 8 nitrogen and oxygen atoms in total. The van der Waals surface area contributed by atoms with Crippen LogP contribution in [0.1, 0.15) is 124 Å². The van der Waals surface area contributed by atoms with E-state index in [-0.39, 0.29) is 26.1 Å². The van der Waals surface area contributed by atoms with Gasteiger partial charge in [0.05, 0.1) is 13.2 Å². The molecule has 0 aliphatic rings. The molecule has 0 saturated carbocycles. The van der Waals surface area contributed by atoms with Gasteiger partial charge in [-0.25, -0.2) is 4.57 Å². The molecule has 0 amide bonds. The molecule has 0 radical (unpaired) electrons. The minimum atomic E-state index is -4.30. The molecule has 0 aromatic heterocycles. The first-order chi connectivity index (χ1) is 22.3. The second-order valence-electron chi connectivity index (χ2n) is 10.8. The number of allylic oxidation sites excluding steroid dienone is 12. The lowest BCUT2D eigenvalue weighted by Gasteiger charge is -2.19. The zero-order valence-electron chi connectivity index (χ0n) is 28.7. The van der Waals surface area contributed by atoms with Crippen LogP contribution in [0.5, 0.6) is 0 Å². The molecule has 0 spiro atoms. The van der Waals surface area contributed by atoms with Crippen LogP contribution in [0.4, 0.5) is 0 Å². The van der Waals surface area contributed by atoms with Gasteiger partial charge in [0.1, 0.15) is 6.61 Å². The average Bonchev–Trinajstić information content (AvgIpc) is 3.03. The molecular weight excluding hydrogens is 603 g/mol. The second kappa shape index (κ2) is 32.4. The molecule has 46 heavy (non-hydrogen) atoms. The van der Waals surface area contributed by atoms with Crippen molar-refractivity contribution < 1.29 is 37.6 Å². The minimum Gasteiger partial charge on any atom is -0.462 e. The summed E-state index contributed by atoms with van der Waals surface area (Å²) in [6.45, 7) is 5.14. The maximum absolute atomic E-state index is 12.4. The van der Waals surface area contributed by atoms with Gasteiger partial charge in [-0.2, -0.15) is 0 Å². The van der Waals surface area contributed by atoms with Crippen molar-refractivity contribution in [2.24, 2.45) is 0 Å². The molecule has 0 aliphatic carbocycles. The smallest absolute Gasteiger partial charge is 0.462 e. The van der Waals surface area contributed by atoms with Crippen LogP contribution >= 0.6 is 7.82 Å². The maximum Gasteiger partial charge on any atom is 0.472 e. The summed E-state index contributed by atoms with van der Waals surface area (Å²) in [5.41, 5.74) is 0. The maximum atomic E-state index is 12.4. The molecule has 0 rings (SSSR count). The number of esters is 2. The highest BCUT2D eigenvalue weighted by molar-refractivity contribution is 7.47. The van der Waals surface area contributed by atoms with E-state index in [2.05, 4.69) is 74.6 Å². The van der Waals surface area contributed by atoms with Crippen molar-refractivity contribution in [1.82, 2.24) is 0 Å². The average molecular weight is 665 g/mol. The van der Waals surface area contributed by atoms with E-state index >= 15 is 0 Å². The molecule has 262 valence electrons. The predicted molar refractivity (Wildman–Crippen MR) is 188 cm³/mol. The van der Waals surface area contributed by atoms with E-state index in [1.54, 1.807) is 6.92 Å². The number of ether oxygens (including phenoxy) is 2. The van der Waals surface area contributed by atoms with E-state index in [1.807, 2.05) is 12.2 Å². The lowest BCUT2D eigenvalue weighted by molar-refractivity contribution is -0.161. The van der Waals surface area contributed by atoms with Crippen molar-refractivity contribution in [2.45, 2.75) is 130 Å². The van der Waals surface area contributed by atoms with Crippen molar-refractivity contribution in [3.63, 3.8) is 0 Å². The van der Waals surface area contributed by atoms with Gasteiger partial charge in [-0.3, -0.25) is 18.6 Å². The second-order valence-corrected chi connectivity index (χ2v) is 12.2. The monoisotopic (exact) mass is 664 g/mol. The Morgan fingerprint density at radius 2 is 1.15 bits per heavy atom. The normalized spacial score (nSPS) is 14.4. The number of rotatable bonds is 30. The van der Waals surface area contributed by atoms with E-state index in [0.29, 0.717) is 12.8 Å². The molecular formula is C37H61O8P. The fourth-order valence-corrected chi connectivity index (χ4v) is 4.79. The number of unbranched alkanes of at least 4 members (excludes halogenated alkanes) is 6. The van der Waals surface area contributed by atoms with Gasteiger partial charge < -0.3 is 14.4 Å². The van der Waals surface area contributed by atoms with Crippen molar-refractivity contribution in [3.05, 3.63) is 72.9 Å². The van der Waals surface area contributed by atoms with Gasteiger partial charge in [-0.15, -0.1) is 0 Å². The first kappa shape index (κ1) is 43.5. The standard InChI is InChI=1S/C37H61O8P/c1-4-7-9-11-13-15-17-19-21-23-25-27-29-31-36(38)42-33-35(34-44-46(40,41)43-6-3)45-37(39)32-30-28-26-24-22-20-18-16-14-12-10-8-5-2/h8-11,14-17,20,22,26,28,35H,4-7,12-13,18-19,21,23-25,27,29-34H2,1-3H3,(H,40,41)/b10-8-,11-9-,16-14-,17-15-,22-20-,28-26-. The van der Waals surface area contributed by atoms with Crippen LogP contribution in [-0.4, -0.2) is 42.8 Å². The quantitative estimate of drug-likeness (QED) is 0.0350. The number of carbonyl (C=O) groups excluding carboxylic acids is 2. The van der Waals surface area contributed by atoms with Crippen molar-refractivity contribution in [1.29, 1.82) is 0 Å². The molecule has 2 atom stereocenters. The van der Waals surface area contributed by atoms with E-state index in [1.165, 1.54) is 6.42 Å². The van der Waals surface area contributed by atoms with Crippen LogP contribution in [-0.2, 0) is 32.7 Å². The third-order valence-corrected chi connectivity index (χ3v) is 7.55. The highest BCUT2D eigenvalue weighted by atomic mass is 31.2. The molecule has 9 heteroatoms. The van der Waals surface area contributed by atoms with Gasteiger partial charge in [0.15, 0.2) is 6.10 Å².